The van der Waals surface area contributed by atoms with E-state index in [4.69, 9.17) is 4.52 Å². The van der Waals surface area contributed by atoms with Gasteiger partial charge in [-0.15, -0.1) is 11.3 Å². The number of nitrogens with zero attached hydrogens (tertiary/aromatic N) is 3. The van der Waals surface area contributed by atoms with Crippen LogP contribution in [0.25, 0.3) is 0 Å². The second-order valence-corrected chi connectivity index (χ2v) is 5.82. The third-order valence-electron chi connectivity index (χ3n) is 3.34. The van der Waals surface area contributed by atoms with Gasteiger partial charge in [0.2, 0.25) is 0 Å². The zero-order valence-corrected chi connectivity index (χ0v) is 11.4. The Morgan fingerprint density at radius 3 is 3.06 bits per heavy atom. The maximum Gasteiger partial charge on any atom is 0.140 e. The molecular formula is C13H17N3OS. The van der Waals surface area contributed by atoms with Crippen molar-refractivity contribution in [3.8, 4) is 0 Å². The quantitative estimate of drug-likeness (QED) is 0.850. The van der Waals surface area contributed by atoms with Crippen molar-refractivity contribution in [2.75, 3.05) is 7.05 Å². The maximum atomic E-state index is 5.43. The van der Waals surface area contributed by atoms with Crippen LogP contribution in [0, 0.1) is 0 Å². The molecule has 0 fully saturated rings. The van der Waals surface area contributed by atoms with Crippen LogP contribution in [0.4, 0.5) is 0 Å². The normalized spacial score (nSPS) is 15.0. The Bertz CT molecular complexity index is 506. The van der Waals surface area contributed by atoms with Crippen molar-refractivity contribution in [1.29, 1.82) is 0 Å². The molecule has 2 aromatic rings. The van der Waals surface area contributed by atoms with E-state index >= 15 is 0 Å². The van der Waals surface area contributed by atoms with Gasteiger partial charge in [0, 0.05) is 30.1 Å². The van der Waals surface area contributed by atoms with Gasteiger partial charge >= 0.3 is 0 Å². The first-order valence-electron chi connectivity index (χ1n) is 6.36. The molecule has 0 spiro atoms. The Kier molecular flexibility index (Phi) is 3.43. The number of hydrogen-bond donors (Lipinski definition) is 0. The van der Waals surface area contributed by atoms with Gasteiger partial charge in [0.1, 0.15) is 16.5 Å². The molecule has 0 radical (unpaired) electrons. The highest BCUT2D eigenvalue weighted by Crippen LogP contribution is 2.25. The lowest BCUT2D eigenvalue weighted by atomic mass is 9.96. The van der Waals surface area contributed by atoms with Crippen LogP contribution in [-0.2, 0) is 25.9 Å². The highest BCUT2D eigenvalue weighted by Gasteiger charge is 2.20. The lowest BCUT2D eigenvalue weighted by molar-refractivity contribution is 0.300. The van der Waals surface area contributed by atoms with Gasteiger partial charge in [-0.2, -0.15) is 0 Å². The van der Waals surface area contributed by atoms with Crippen molar-refractivity contribution in [3.63, 3.8) is 0 Å². The molecule has 0 aromatic carbocycles. The van der Waals surface area contributed by atoms with Crippen molar-refractivity contribution >= 4 is 11.3 Å². The first-order chi connectivity index (χ1) is 8.83. The number of fused-ring (bicyclic) bond motifs is 1. The standard InChI is InChI=1S/C13H17N3OS/c1-16(9-13-14-6-7-18-13)8-11-10-4-2-3-5-12(10)17-15-11/h6-7H,2-5,8-9H2,1H3. The average Bonchev–Trinajstić information content (AvgIpc) is 3.00. The summed E-state index contributed by atoms with van der Waals surface area (Å²) < 4.78 is 5.43. The van der Waals surface area contributed by atoms with Gasteiger partial charge in [0.15, 0.2) is 0 Å². The summed E-state index contributed by atoms with van der Waals surface area (Å²) in [5.74, 6) is 1.11. The Balaban J connectivity index is 1.67. The van der Waals surface area contributed by atoms with Crippen LogP contribution in [0.15, 0.2) is 16.1 Å². The lowest BCUT2D eigenvalue weighted by Gasteiger charge is -2.15. The minimum Gasteiger partial charge on any atom is -0.361 e. The predicted octanol–water partition coefficient (Wildman–Crippen LogP) is 2.64. The molecule has 18 heavy (non-hydrogen) atoms. The van der Waals surface area contributed by atoms with Crippen LogP contribution in [0.1, 0.15) is 34.9 Å². The van der Waals surface area contributed by atoms with Crippen molar-refractivity contribution in [3.05, 3.63) is 33.6 Å². The molecule has 2 heterocycles. The Morgan fingerprint density at radius 1 is 1.33 bits per heavy atom. The number of aryl methyl sites for hydroxylation is 1. The summed E-state index contributed by atoms with van der Waals surface area (Å²) in [6.45, 7) is 1.72. The molecule has 2 aromatic heterocycles. The Morgan fingerprint density at radius 2 is 2.22 bits per heavy atom. The second-order valence-electron chi connectivity index (χ2n) is 4.84. The summed E-state index contributed by atoms with van der Waals surface area (Å²) >= 11 is 1.70. The SMILES string of the molecule is CN(Cc1nccs1)Cc1noc2c1CCCC2. The van der Waals surface area contributed by atoms with Gasteiger partial charge in [0.05, 0.1) is 6.54 Å². The Hall–Kier alpha value is -1.20. The molecule has 0 atom stereocenters. The van der Waals surface area contributed by atoms with Crippen molar-refractivity contribution in [2.45, 2.75) is 38.8 Å². The molecule has 1 aliphatic carbocycles. The molecule has 0 saturated heterocycles. The molecule has 0 N–H and O–H groups in total. The fourth-order valence-electron chi connectivity index (χ4n) is 2.45. The van der Waals surface area contributed by atoms with Crippen molar-refractivity contribution < 1.29 is 4.52 Å². The lowest BCUT2D eigenvalue weighted by Crippen LogP contribution is -2.18. The van der Waals surface area contributed by atoms with Crippen LogP contribution in [0.3, 0.4) is 0 Å². The smallest absolute Gasteiger partial charge is 0.140 e. The van der Waals surface area contributed by atoms with Crippen LogP contribution < -0.4 is 0 Å². The molecule has 1 aliphatic rings. The van der Waals surface area contributed by atoms with E-state index in [9.17, 15) is 0 Å². The first kappa shape index (κ1) is 11.9. The summed E-state index contributed by atoms with van der Waals surface area (Å²) in [5, 5.41) is 7.40. The van der Waals surface area contributed by atoms with Crippen LogP contribution >= 0.6 is 11.3 Å². The van der Waals surface area contributed by atoms with Gasteiger partial charge in [-0.1, -0.05) is 5.16 Å². The minimum atomic E-state index is 0.846. The fraction of sp³-hybridized carbons (Fsp3) is 0.538. The van der Waals surface area contributed by atoms with Crippen LogP contribution in [0.2, 0.25) is 0 Å². The summed E-state index contributed by atoms with van der Waals surface area (Å²) in [4.78, 5) is 6.55. The summed E-state index contributed by atoms with van der Waals surface area (Å²) in [7, 11) is 2.10. The molecule has 96 valence electrons. The van der Waals surface area contributed by atoms with E-state index in [1.165, 1.54) is 18.4 Å². The summed E-state index contributed by atoms with van der Waals surface area (Å²) in [6.07, 6.45) is 6.53. The zero-order valence-electron chi connectivity index (χ0n) is 10.6. The molecule has 0 saturated carbocycles. The zero-order chi connectivity index (χ0) is 12.4. The fourth-order valence-corrected chi connectivity index (χ4v) is 3.14. The predicted molar refractivity (Wildman–Crippen MR) is 70.4 cm³/mol. The molecule has 0 unspecified atom stereocenters. The molecule has 4 nitrogen and oxygen atoms in total. The summed E-state index contributed by atoms with van der Waals surface area (Å²) in [5.41, 5.74) is 2.47. The monoisotopic (exact) mass is 263 g/mol. The van der Waals surface area contributed by atoms with Gasteiger partial charge < -0.3 is 4.52 Å². The van der Waals surface area contributed by atoms with Crippen LogP contribution in [-0.4, -0.2) is 22.1 Å². The van der Waals surface area contributed by atoms with E-state index in [0.717, 1.165) is 42.4 Å². The van der Waals surface area contributed by atoms with E-state index in [2.05, 4.69) is 22.1 Å². The number of rotatable bonds is 4. The molecular weight excluding hydrogens is 246 g/mol. The van der Waals surface area contributed by atoms with E-state index in [1.54, 1.807) is 11.3 Å². The number of thiazole rings is 1. The topological polar surface area (TPSA) is 42.2 Å². The minimum absolute atomic E-state index is 0.846. The second kappa shape index (κ2) is 5.20. The molecule has 0 aliphatic heterocycles. The largest absolute Gasteiger partial charge is 0.361 e. The molecule has 5 heteroatoms. The van der Waals surface area contributed by atoms with Crippen LogP contribution in [0.5, 0.6) is 0 Å². The van der Waals surface area contributed by atoms with E-state index in [-0.39, 0.29) is 0 Å². The highest BCUT2D eigenvalue weighted by molar-refractivity contribution is 7.09. The first-order valence-corrected chi connectivity index (χ1v) is 7.24. The van der Waals surface area contributed by atoms with E-state index in [0.29, 0.717) is 0 Å². The van der Waals surface area contributed by atoms with E-state index in [1.807, 2.05) is 11.6 Å². The molecule has 0 bridgehead atoms. The average molecular weight is 263 g/mol. The van der Waals surface area contributed by atoms with Gasteiger partial charge in [-0.3, -0.25) is 4.90 Å². The van der Waals surface area contributed by atoms with Crippen molar-refractivity contribution in [2.24, 2.45) is 0 Å². The Labute approximate surface area is 111 Å². The highest BCUT2D eigenvalue weighted by atomic mass is 32.1. The summed E-state index contributed by atoms with van der Waals surface area (Å²) in [6, 6.07) is 0. The third-order valence-corrected chi connectivity index (χ3v) is 4.10. The van der Waals surface area contributed by atoms with Gasteiger partial charge in [-0.05, 0) is 26.3 Å². The van der Waals surface area contributed by atoms with E-state index < -0.39 is 0 Å². The molecule has 0 amide bonds. The van der Waals surface area contributed by atoms with Gasteiger partial charge in [-0.25, -0.2) is 4.98 Å². The third kappa shape index (κ3) is 2.47. The van der Waals surface area contributed by atoms with Crippen molar-refractivity contribution in [1.82, 2.24) is 15.0 Å². The number of aromatic nitrogens is 2. The maximum absolute atomic E-state index is 5.43. The number of hydrogen-bond acceptors (Lipinski definition) is 5. The molecule has 3 rings (SSSR count). The van der Waals surface area contributed by atoms with Gasteiger partial charge in [0.25, 0.3) is 0 Å².